The van der Waals surface area contributed by atoms with Gasteiger partial charge in [0.05, 0.1) is 28.7 Å². The first-order chi connectivity index (χ1) is 18.3. The molecule has 39 heavy (non-hydrogen) atoms. The summed E-state index contributed by atoms with van der Waals surface area (Å²) in [6, 6.07) is 7.68. The summed E-state index contributed by atoms with van der Waals surface area (Å²) in [5, 5.41) is 22.5. The molecule has 1 N–H and O–H groups in total. The highest BCUT2D eigenvalue weighted by molar-refractivity contribution is 5.82. The summed E-state index contributed by atoms with van der Waals surface area (Å²) in [5.41, 5.74) is -1.11. The van der Waals surface area contributed by atoms with E-state index in [2.05, 4.69) is 10.3 Å². The van der Waals surface area contributed by atoms with E-state index < -0.39 is 47.3 Å². The number of esters is 1. The van der Waals surface area contributed by atoms with Crippen molar-refractivity contribution in [3.63, 3.8) is 0 Å². The van der Waals surface area contributed by atoms with Gasteiger partial charge in [-0.1, -0.05) is 12.1 Å². The van der Waals surface area contributed by atoms with Crippen molar-refractivity contribution in [2.75, 3.05) is 26.2 Å². The third kappa shape index (κ3) is 9.54. The van der Waals surface area contributed by atoms with Gasteiger partial charge in [-0.15, -0.1) is 0 Å². The molecule has 0 unspecified atom stereocenters. The summed E-state index contributed by atoms with van der Waals surface area (Å²) < 4.78 is 11.1. The van der Waals surface area contributed by atoms with E-state index >= 15 is 0 Å². The Hall–Kier alpha value is -4.80. The third-order valence-electron chi connectivity index (χ3n) is 5.04. The molecule has 0 saturated heterocycles. The number of nitriles is 1. The van der Waals surface area contributed by atoms with E-state index in [9.17, 15) is 29.3 Å². The van der Waals surface area contributed by atoms with Crippen LogP contribution in [0.15, 0.2) is 35.3 Å². The minimum atomic E-state index is -0.828. The number of nitrogens with zero attached hydrogens (tertiary/aromatic N) is 5. The smallest absolute Gasteiger partial charge is 0.407 e. The number of carbonyl (C=O) groups is 3. The summed E-state index contributed by atoms with van der Waals surface area (Å²) in [5.74, 6) is -1.43. The minimum Gasteiger partial charge on any atom is -0.463 e. The topological polar surface area (TPSA) is 187 Å². The number of para-hydroxylation sites is 1. The van der Waals surface area contributed by atoms with E-state index in [-0.39, 0.29) is 43.1 Å². The van der Waals surface area contributed by atoms with Crippen LogP contribution in [-0.2, 0) is 25.6 Å². The van der Waals surface area contributed by atoms with Gasteiger partial charge < -0.3 is 19.7 Å². The SMILES string of the molecule is Cc1cn(CC(=O)N(CCNC(=O)OC(C)(C)C)CC(=O)OCCC#N)c(=O)nc1-c1ccccc1[N+](=O)[O-]. The number of alkyl carbamates (subject to hydrolysis) is 1. The molecular formula is C25H30N6O8. The number of aryl methyl sites for hydroxylation is 1. The van der Waals surface area contributed by atoms with Crippen molar-refractivity contribution in [1.82, 2.24) is 19.8 Å². The Morgan fingerprint density at radius 2 is 1.95 bits per heavy atom. The summed E-state index contributed by atoms with van der Waals surface area (Å²) in [6.07, 6.45) is 0.613. The van der Waals surface area contributed by atoms with Crippen LogP contribution in [0.3, 0.4) is 0 Å². The van der Waals surface area contributed by atoms with Crippen molar-refractivity contribution in [3.8, 4) is 17.3 Å². The quantitative estimate of drug-likeness (QED) is 0.190. The summed E-state index contributed by atoms with van der Waals surface area (Å²) in [4.78, 5) is 65.9. The fourth-order valence-electron chi connectivity index (χ4n) is 3.37. The minimum absolute atomic E-state index is 0.0217. The standard InChI is InChI=1S/C25H30N6O8/c1-17-14-30(23(34)28-22(17)18-8-5-6-9-19(18)31(36)37)15-20(32)29(16-21(33)38-13-7-10-26)12-11-27-24(35)39-25(2,3)4/h5-6,8-9,14H,7,11-13,15-16H2,1-4H3,(H,27,35). The third-order valence-corrected chi connectivity index (χ3v) is 5.04. The molecule has 0 aliphatic heterocycles. The molecule has 0 aliphatic rings. The van der Waals surface area contributed by atoms with Gasteiger partial charge in [0.25, 0.3) is 5.69 Å². The van der Waals surface area contributed by atoms with Crippen molar-refractivity contribution in [1.29, 1.82) is 5.26 Å². The molecule has 0 saturated carbocycles. The van der Waals surface area contributed by atoms with E-state index in [4.69, 9.17) is 14.7 Å². The first-order valence-corrected chi connectivity index (χ1v) is 11.9. The molecular weight excluding hydrogens is 512 g/mol. The largest absolute Gasteiger partial charge is 0.463 e. The fraction of sp³-hybridized carbons (Fsp3) is 0.440. The summed E-state index contributed by atoms with van der Waals surface area (Å²) >= 11 is 0. The molecule has 1 aromatic carbocycles. The zero-order chi connectivity index (χ0) is 29.2. The van der Waals surface area contributed by atoms with Gasteiger partial charge in [-0.2, -0.15) is 10.2 Å². The Balaban J connectivity index is 2.22. The van der Waals surface area contributed by atoms with E-state index in [0.717, 1.165) is 9.47 Å². The van der Waals surface area contributed by atoms with Crippen molar-refractivity contribution < 1.29 is 28.8 Å². The number of rotatable bonds is 11. The van der Waals surface area contributed by atoms with Crippen LogP contribution >= 0.6 is 0 Å². The van der Waals surface area contributed by atoms with Crippen LogP contribution in [0.2, 0.25) is 0 Å². The highest BCUT2D eigenvalue weighted by atomic mass is 16.6. The maximum absolute atomic E-state index is 13.1. The van der Waals surface area contributed by atoms with Crippen molar-refractivity contribution >= 4 is 23.7 Å². The number of ether oxygens (including phenoxy) is 2. The van der Waals surface area contributed by atoms with Crippen LogP contribution in [0.1, 0.15) is 32.8 Å². The van der Waals surface area contributed by atoms with Crippen molar-refractivity contribution in [2.24, 2.45) is 0 Å². The first-order valence-electron chi connectivity index (χ1n) is 11.9. The summed E-state index contributed by atoms with van der Waals surface area (Å²) in [7, 11) is 0. The van der Waals surface area contributed by atoms with Gasteiger partial charge in [-0.3, -0.25) is 24.3 Å². The molecule has 2 amide bonds. The summed E-state index contributed by atoms with van der Waals surface area (Å²) in [6.45, 7) is 5.35. The normalized spacial score (nSPS) is 10.7. The average Bonchev–Trinajstić information content (AvgIpc) is 2.84. The monoisotopic (exact) mass is 542 g/mol. The molecule has 0 spiro atoms. The Morgan fingerprint density at radius 3 is 2.59 bits per heavy atom. The van der Waals surface area contributed by atoms with Crippen LogP contribution in [-0.4, -0.2) is 69.2 Å². The lowest BCUT2D eigenvalue weighted by atomic mass is 10.1. The van der Waals surface area contributed by atoms with E-state index in [1.807, 2.05) is 6.07 Å². The number of nitro benzene ring substituents is 1. The number of carbonyl (C=O) groups excluding carboxylic acids is 3. The molecule has 14 heteroatoms. The van der Waals surface area contributed by atoms with Gasteiger partial charge in [-0.25, -0.2) is 9.59 Å². The predicted molar refractivity (Wildman–Crippen MR) is 137 cm³/mol. The number of aromatic nitrogens is 2. The molecule has 208 valence electrons. The molecule has 0 atom stereocenters. The molecule has 0 bridgehead atoms. The molecule has 1 aromatic heterocycles. The maximum Gasteiger partial charge on any atom is 0.407 e. The van der Waals surface area contributed by atoms with E-state index in [1.165, 1.54) is 24.4 Å². The van der Waals surface area contributed by atoms with Crippen molar-refractivity contribution in [3.05, 3.63) is 56.6 Å². The molecule has 2 aromatic rings. The Bertz CT molecular complexity index is 1330. The highest BCUT2D eigenvalue weighted by Crippen LogP contribution is 2.29. The van der Waals surface area contributed by atoms with Crippen LogP contribution in [0.5, 0.6) is 0 Å². The predicted octanol–water partition coefficient (Wildman–Crippen LogP) is 1.94. The van der Waals surface area contributed by atoms with Crippen LogP contribution in [0.25, 0.3) is 11.3 Å². The number of nitro groups is 1. The van der Waals surface area contributed by atoms with Gasteiger partial charge >= 0.3 is 17.8 Å². The molecule has 1 heterocycles. The van der Waals surface area contributed by atoms with E-state index in [0.29, 0.717) is 5.56 Å². The second kappa shape index (κ2) is 13.7. The lowest BCUT2D eigenvalue weighted by molar-refractivity contribution is -0.384. The molecule has 14 nitrogen and oxygen atoms in total. The van der Waals surface area contributed by atoms with Crippen LogP contribution in [0.4, 0.5) is 10.5 Å². The lowest BCUT2D eigenvalue weighted by Crippen LogP contribution is -2.45. The lowest BCUT2D eigenvalue weighted by Gasteiger charge is -2.23. The maximum atomic E-state index is 13.1. The number of hydrogen-bond donors (Lipinski definition) is 1. The van der Waals surface area contributed by atoms with Gasteiger partial charge in [0.15, 0.2) is 0 Å². The molecule has 0 radical (unpaired) electrons. The highest BCUT2D eigenvalue weighted by Gasteiger charge is 2.22. The number of amides is 2. The van der Waals surface area contributed by atoms with Gasteiger partial charge in [-0.05, 0) is 39.3 Å². The zero-order valence-corrected chi connectivity index (χ0v) is 22.1. The second-order valence-electron chi connectivity index (χ2n) is 9.33. The molecule has 0 aliphatic carbocycles. The van der Waals surface area contributed by atoms with Crippen LogP contribution in [0, 0.1) is 28.4 Å². The Kier molecular flexibility index (Phi) is 10.7. The van der Waals surface area contributed by atoms with Gasteiger partial charge in [0.2, 0.25) is 5.91 Å². The number of benzene rings is 1. The van der Waals surface area contributed by atoms with Gasteiger partial charge in [0, 0.05) is 25.4 Å². The van der Waals surface area contributed by atoms with Gasteiger partial charge in [0.1, 0.15) is 25.3 Å². The second-order valence-corrected chi connectivity index (χ2v) is 9.33. The molecule has 0 fully saturated rings. The number of nitrogens with one attached hydrogen (secondary N) is 1. The van der Waals surface area contributed by atoms with Crippen molar-refractivity contribution in [2.45, 2.75) is 46.3 Å². The first kappa shape index (κ1) is 30.4. The Morgan fingerprint density at radius 1 is 1.26 bits per heavy atom. The zero-order valence-electron chi connectivity index (χ0n) is 22.1. The number of hydrogen-bond acceptors (Lipinski definition) is 10. The fourth-order valence-corrected chi connectivity index (χ4v) is 3.37. The molecule has 2 rings (SSSR count). The average molecular weight is 543 g/mol. The van der Waals surface area contributed by atoms with Crippen LogP contribution < -0.4 is 11.0 Å². The van der Waals surface area contributed by atoms with E-state index in [1.54, 1.807) is 33.8 Å². The Labute approximate surface area is 224 Å².